The predicted molar refractivity (Wildman–Crippen MR) is 84.9 cm³/mol. The first-order valence-electron chi connectivity index (χ1n) is 5.69. The van der Waals surface area contributed by atoms with E-state index in [-0.39, 0.29) is 12.3 Å². The molecule has 0 aliphatic carbocycles. The number of nitro groups is 1. The molecule has 0 bridgehead atoms. The maximum absolute atomic E-state index is 10.8. The number of hydrogen-bond acceptors (Lipinski definition) is 6. The summed E-state index contributed by atoms with van der Waals surface area (Å²) >= 11 is 6.52. The summed E-state index contributed by atoms with van der Waals surface area (Å²) in [5.41, 5.74) is 3.21. The second-order valence-corrected chi connectivity index (χ2v) is 5.65. The van der Waals surface area contributed by atoms with Crippen LogP contribution >= 0.6 is 31.9 Å². The van der Waals surface area contributed by atoms with Gasteiger partial charge in [-0.15, -0.1) is 0 Å². The number of nitrogens with zero attached hydrogens (tertiary/aromatic N) is 2. The Bertz CT molecular complexity index is 658. The van der Waals surface area contributed by atoms with E-state index in [9.17, 15) is 10.1 Å². The van der Waals surface area contributed by atoms with Crippen molar-refractivity contribution < 1.29 is 9.66 Å². The Morgan fingerprint density at radius 1 is 1.38 bits per heavy atom. The van der Waals surface area contributed by atoms with Gasteiger partial charge in [0.05, 0.1) is 13.9 Å². The third-order valence-corrected chi connectivity index (χ3v) is 3.77. The summed E-state index contributed by atoms with van der Waals surface area (Å²) in [5, 5.41) is 10.8. The molecule has 0 amide bonds. The van der Waals surface area contributed by atoms with Gasteiger partial charge in [0.2, 0.25) is 0 Å². The molecule has 1 aromatic carbocycles. The van der Waals surface area contributed by atoms with E-state index >= 15 is 0 Å². The summed E-state index contributed by atoms with van der Waals surface area (Å²) in [6.45, 7) is 0.211. The van der Waals surface area contributed by atoms with E-state index in [0.29, 0.717) is 20.5 Å². The molecule has 0 unspecified atom stereocenters. The number of nitrogens with two attached hydrogens (primary N) is 1. The molecule has 0 radical (unpaired) electrons. The molecule has 1 aromatic heterocycles. The maximum Gasteiger partial charge on any atom is 0.271 e. The van der Waals surface area contributed by atoms with Gasteiger partial charge in [0, 0.05) is 23.9 Å². The third kappa shape index (κ3) is 3.69. The molecule has 7 nitrogen and oxygen atoms in total. The molecular weight excluding hydrogens is 408 g/mol. The van der Waals surface area contributed by atoms with Gasteiger partial charge in [0.15, 0.2) is 0 Å². The second kappa shape index (κ2) is 6.83. The maximum atomic E-state index is 10.8. The molecule has 110 valence electrons. The van der Waals surface area contributed by atoms with Crippen LogP contribution < -0.4 is 16.0 Å². The number of halogens is 2. The fourth-order valence-corrected chi connectivity index (χ4v) is 3.02. The standard InChI is InChI=1S/C12H10Br2N4O3/c13-9-4-8(18(19)20)5-10(14)11(9)21-6-7-2-1-3-16-12(7)17-15/h1-5H,6,15H2,(H,16,17). The summed E-state index contributed by atoms with van der Waals surface area (Å²) < 4.78 is 6.64. The molecule has 0 saturated heterocycles. The molecular formula is C12H10Br2N4O3. The molecule has 2 aromatic rings. The van der Waals surface area contributed by atoms with Gasteiger partial charge in [-0.05, 0) is 37.9 Å². The molecule has 1 heterocycles. The van der Waals surface area contributed by atoms with Gasteiger partial charge in [-0.25, -0.2) is 10.8 Å². The number of hydrogen-bond donors (Lipinski definition) is 2. The Balaban J connectivity index is 2.22. The SMILES string of the molecule is NNc1ncccc1COc1c(Br)cc([N+](=O)[O-])cc1Br. The molecule has 0 aliphatic heterocycles. The Morgan fingerprint density at radius 2 is 2.05 bits per heavy atom. The zero-order valence-corrected chi connectivity index (χ0v) is 13.7. The lowest BCUT2D eigenvalue weighted by Gasteiger charge is -2.12. The number of benzene rings is 1. The quantitative estimate of drug-likeness (QED) is 0.439. The molecule has 0 atom stereocenters. The molecule has 3 N–H and O–H groups in total. The highest BCUT2D eigenvalue weighted by molar-refractivity contribution is 9.11. The van der Waals surface area contributed by atoms with Crippen LogP contribution in [0.1, 0.15) is 5.56 Å². The number of anilines is 1. The third-order valence-electron chi connectivity index (χ3n) is 2.59. The molecule has 2 rings (SSSR count). The zero-order valence-electron chi connectivity index (χ0n) is 10.5. The predicted octanol–water partition coefficient (Wildman–Crippen LogP) is 3.38. The fraction of sp³-hybridized carbons (Fsp3) is 0.0833. The minimum Gasteiger partial charge on any atom is -0.486 e. The van der Waals surface area contributed by atoms with Gasteiger partial charge < -0.3 is 10.2 Å². The summed E-state index contributed by atoms with van der Waals surface area (Å²) in [6, 6.07) is 6.34. The van der Waals surface area contributed by atoms with Crippen molar-refractivity contribution in [2.24, 2.45) is 5.84 Å². The minimum absolute atomic E-state index is 0.0354. The van der Waals surface area contributed by atoms with Crippen LogP contribution in [0.15, 0.2) is 39.4 Å². The Labute approximate surface area is 136 Å². The number of pyridine rings is 1. The van der Waals surface area contributed by atoms with Gasteiger partial charge in [-0.1, -0.05) is 6.07 Å². The van der Waals surface area contributed by atoms with Crippen LogP contribution in [0.2, 0.25) is 0 Å². The van der Waals surface area contributed by atoms with E-state index in [0.717, 1.165) is 5.56 Å². The Hall–Kier alpha value is -1.71. The first-order chi connectivity index (χ1) is 10.0. The van der Waals surface area contributed by atoms with Crippen molar-refractivity contribution >= 4 is 43.4 Å². The van der Waals surface area contributed by atoms with E-state index in [1.807, 2.05) is 6.07 Å². The van der Waals surface area contributed by atoms with Crippen LogP contribution in [0.5, 0.6) is 5.75 Å². The monoisotopic (exact) mass is 416 g/mol. The number of rotatable bonds is 5. The van der Waals surface area contributed by atoms with Crippen molar-refractivity contribution in [3.63, 3.8) is 0 Å². The van der Waals surface area contributed by atoms with Crippen LogP contribution in [-0.4, -0.2) is 9.91 Å². The molecule has 21 heavy (non-hydrogen) atoms. The zero-order chi connectivity index (χ0) is 15.4. The van der Waals surface area contributed by atoms with Gasteiger partial charge >= 0.3 is 0 Å². The summed E-state index contributed by atoms with van der Waals surface area (Å²) in [5.74, 6) is 6.34. The van der Waals surface area contributed by atoms with Crippen molar-refractivity contribution in [1.29, 1.82) is 0 Å². The Kier molecular flexibility index (Phi) is 5.10. The normalized spacial score (nSPS) is 10.2. The first kappa shape index (κ1) is 15.7. The molecule has 9 heteroatoms. The first-order valence-corrected chi connectivity index (χ1v) is 7.28. The summed E-state index contributed by atoms with van der Waals surface area (Å²) in [6.07, 6.45) is 1.61. The highest BCUT2D eigenvalue weighted by Gasteiger charge is 2.15. The van der Waals surface area contributed by atoms with E-state index in [1.165, 1.54) is 12.1 Å². The van der Waals surface area contributed by atoms with Crippen LogP contribution in [0.4, 0.5) is 11.5 Å². The number of nitro benzene ring substituents is 1. The van der Waals surface area contributed by atoms with E-state index in [4.69, 9.17) is 10.6 Å². The molecule has 0 saturated carbocycles. The topological polar surface area (TPSA) is 103 Å². The average molecular weight is 418 g/mol. The van der Waals surface area contributed by atoms with Crippen molar-refractivity contribution in [2.75, 3.05) is 5.43 Å². The lowest BCUT2D eigenvalue weighted by molar-refractivity contribution is -0.385. The van der Waals surface area contributed by atoms with E-state index in [2.05, 4.69) is 42.3 Å². The van der Waals surface area contributed by atoms with Crippen molar-refractivity contribution in [3.05, 3.63) is 55.1 Å². The van der Waals surface area contributed by atoms with Crippen LogP contribution in [0.3, 0.4) is 0 Å². The molecule has 0 spiro atoms. The number of ether oxygens (including phenoxy) is 1. The lowest BCUT2D eigenvalue weighted by Crippen LogP contribution is -2.12. The second-order valence-electron chi connectivity index (χ2n) is 3.94. The van der Waals surface area contributed by atoms with Crippen LogP contribution in [-0.2, 0) is 6.61 Å². The number of nitrogen functional groups attached to an aromatic ring is 1. The number of nitrogens with one attached hydrogen (secondary N) is 1. The smallest absolute Gasteiger partial charge is 0.271 e. The van der Waals surface area contributed by atoms with Crippen molar-refractivity contribution in [1.82, 2.24) is 4.98 Å². The number of aromatic nitrogens is 1. The highest BCUT2D eigenvalue weighted by atomic mass is 79.9. The van der Waals surface area contributed by atoms with Gasteiger partial charge in [-0.3, -0.25) is 10.1 Å². The van der Waals surface area contributed by atoms with E-state index < -0.39 is 4.92 Å². The number of hydrazine groups is 1. The largest absolute Gasteiger partial charge is 0.486 e. The average Bonchev–Trinajstić information content (AvgIpc) is 2.46. The van der Waals surface area contributed by atoms with Crippen molar-refractivity contribution in [2.45, 2.75) is 6.61 Å². The van der Waals surface area contributed by atoms with E-state index in [1.54, 1.807) is 12.3 Å². The summed E-state index contributed by atoms with van der Waals surface area (Å²) in [7, 11) is 0. The molecule has 0 aliphatic rings. The minimum atomic E-state index is -0.475. The Morgan fingerprint density at radius 3 is 2.62 bits per heavy atom. The summed E-state index contributed by atoms with van der Waals surface area (Å²) in [4.78, 5) is 14.4. The fourth-order valence-electron chi connectivity index (χ4n) is 1.62. The van der Waals surface area contributed by atoms with Crippen molar-refractivity contribution in [3.8, 4) is 5.75 Å². The lowest BCUT2D eigenvalue weighted by atomic mass is 10.2. The van der Waals surface area contributed by atoms with Crippen LogP contribution in [0.25, 0.3) is 0 Å². The molecule has 0 fully saturated rings. The van der Waals surface area contributed by atoms with Crippen LogP contribution in [0, 0.1) is 10.1 Å². The highest BCUT2D eigenvalue weighted by Crippen LogP contribution is 2.37. The van der Waals surface area contributed by atoms with Gasteiger partial charge in [0.1, 0.15) is 18.2 Å². The van der Waals surface area contributed by atoms with Gasteiger partial charge in [0.25, 0.3) is 5.69 Å². The van der Waals surface area contributed by atoms with Gasteiger partial charge in [-0.2, -0.15) is 0 Å². The number of non-ortho nitro benzene ring substituents is 1.